The Morgan fingerprint density at radius 2 is 1.81 bits per heavy atom. The van der Waals surface area contributed by atoms with Gasteiger partial charge >= 0.3 is 5.97 Å². The molecule has 0 amide bonds. The van der Waals surface area contributed by atoms with Crippen LogP contribution in [0.25, 0.3) is 11.5 Å². The molecule has 0 atom stereocenters. The number of carbonyl (C=O) groups is 1. The number of aliphatic carboxylic acids is 1. The van der Waals surface area contributed by atoms with Gasteiger partial charge in [0, 0.05) is 25.2 Å². The zero-order valence-corrected chi connectivity index (χ0v) is 17.7. The molecule has 1 aromatic heterocycles. The van der Waals surface area contributed by atoms with Crippen LogP contribution in [0.2, 0.25) is 0 Å². The van der Waals surface area contributed by atoms with Gasteiger partial charge < -0.3 is 19.0 Å². The van der Waals surface area contributed by atoms with E-state index in [-0.39, 0.29) is 0 Å². The lowest BCUT2D eigenvalue weighted by atomic mass is 9.75. The highest BCUT2D eigenvalue weighted by Gasteiger charge is 2.40. The SMILES string of the molecule is Cc1oc(-c2ccccc2)nc1CCOc1ccc(CC2(C(=O)O)CCOCC2)cc1. The second-order valence-electron chi connectivity index (χ2n) is 8.00. The molecule has 0 spiro atoms. The predicted octanol–water partition coefficient (Wildman–Crippen LogP) is 4.70. The van der Waals surface area contributed by atoms with Crippen LogP contribution in [0.1, 0.15) is 29.9 Å². The number of carboxylic acids is 1. The summed E-state index contributed by atoms with van der Waals surface area (Å²) in [5.41, 5.74) is 2.11. The molecule has 3 aromatic rings. The summed E-state index contributed by atoms with van der Waals surface area (Å²) in [7, 11) is 0. The molecule has 0 bridgehead atoms. The number of nitrogens with zero attached hydrogens (tertiary/aromatic N) is 1. The minimum atomic E-state index is -0.742. The molecule has 2 aromatic carbocycles. The van der Waals surface area contributed by atoms with E-state index in [1.807, 2.05) is 61.5 Å². The Labute approximate surface area is 181 Å². The predicted molar refractivity (Wildman–Crippen MR) is 116 cm³/mol. The van der Waals surface area contributed by atoms with Gasteiger partial charge in [-0.3, -0.25) is 4.79 Å². The first kappa shape index (κ1) is 21.1. The maximum absolute atomic E-state index is 11.8. The van der Waals surface area contributed by atoms with Gasteiger partial charge in [-0.15, -0.1) is 0 Å². The molecular formula is C25H27NO5. The number of aromatic nitrogens is 1. The van der Waals surface area contributed by atoms with Gasteiger partial charge in [-0.1, -0.05) is 30.3 Å². The molecule has 0 saturated carbocycles. The Balaban J connectivity index is 1.33. The first-order valence-corrected chi connectivity index (χ1v) is 10.6. The average molecular weight is 421 g/mol. The molecule has 2 heterocycles. The lowest BCUT2D eigenvalue weighted by Gasteiger charge is -2.33. The van der Waals surface area contributed by atoms with Crippen molar-refractivity contribution in [2.45, 2.75) is 32.6 Å². The minimum absolute atomic E-state index is 0.483. The van der Waals surface area contributed by atoms with Crippen molar-refractivity contribution in [1.29, 1.82) is 0 Å². The van der Waals surface area contributed by atoms with Crippen molar-refractivity contribution < 1.29 is 23.8 Å². The van der Waals surface area contributed by atoms with E-state index in [1.54, 1.807) is 0 Å². The van der Waals surface area contributed by atoms with Crippen molar-refractivity contribution >= 4 is 5.97 Å². The van der Waals surface area contributed by atoms with E-state index < -0.39 is 11.4 Å². The monoisotopic (exact) mass is 421 g/mol. The molecule has 1 aliphatic rings. The van der Waals surface area contributed by atoms with E-state index in [4.69, 9.17) is 13.9 Å². The highest BCUT2D eigenvalue weighted by Crippen LogP contribution is 2.35. The number of oxazole rings is 1. The second kappa shape index (κ2) is 9.35. The number of hydrogen-bond acceptors (Lipinski definition) is 5. The first-order valence-electron chi connectivity index (χ1n) is 10.6. The molecule has 6 nitrogen and oxygen atoms in total. The van der Waals surface area contributed by atoms with Crippen molar-refractivity contribution in [2.24, 2.45) is 5.41 Å². The number of ether oxygens (including phenoxy) is 2. The molecule has 4 rings (SSSR count). The third kappa shape index (κ3) is 4.97. The number of aryl methyl sites for hydroxylation is 1. The van der Waals surface area contributed by atoms with Gasteiger partial charge in [-0.25, -0.2) is 4.98 Å². The lowest BCUT2D eigenvalue weighted by molar-refractivity contribution is -0.154. The van der Waals surface area contributed by atoms with E-state index in [2.05, 4.69) is 4.98 Å². The summed E-state index contributed by atoms with van der Waals surface area (Å²) in [6.45, 7) is 3.40. The zero-order valence-electron chi connectivity index (χ0n) is 17.7. The van der Waals surface area contributed by atoms with Crippen LogP contribution in [0.5, 0.6) is 5.75 Å². The van der Waals surface area contributed by atoms with Gasteiger partial charge in [0.15, 0.2) is 0 Å². The van der Waals surface area contributed by atoms with Gasteiger partial charge in [0.25, 0.3) is 0 Å². The first-order chi connectivity index (χ1) is 15.1. The van der Waals surface area contributed by atoms with Gasteiger partial charge in [-0.05, 0) is 56.0 Å². The summed E-state index contributed by atoms with van der Waals surface area (Å²) in [5.74, 6) is 1.43. The van der Waals surface area contributed by atoms with Gasteiger partial charge in [0.2, 0.25) is 5.89 Å². The molecule has 1 N–H and O–H groups in total. The van der Waals surface area contributed by atoms with Crippen molar-refractivity contribution in [3.63, 3.8) is 0 Å². The molecule has 0 aliphatic carbocycles. The van der Waals surface area contributed by atoms with E-state index >= 15 is 0 Å². The molecule has 1 aliphatic heterocycles. The van der Waals surface area contributed by atoms with Crippen molar-refractivity contribution in [3.8, 4) is 17.2 Å². The van der Waals surface area contributed by atoms with Crippen molar-refractivity contribution in [2.75, 3.05) is 19.8 Å². The average Bonchev–Trinajstić information content (AvgIpc) is 3.17. The Hall–Kier alpha value is -3.12. The number of benzene rings is 2. The minimum Gasteiger partial charge on any atom is -0.493 e. The summed E-state index contributed by atoms with van der Waals surface area (Å²) >= 11 is 0. The lowest BCUT2D eigenvalue weighted by Crippen LogP contribution is -2.39. The van der Waals surface area contributed by atoms with E-state index in [9.17, 15) is 9.90 Å². The van der Waals surface area contributed by atoms with Gasteiger partial charge in [0.1, 0.15) is 11.5 Å². The number of rotatable bonds is 8. The van der Waals surface area contributed by atoms with Crippen LogP contribution >= 0.6 is 0 Å². The topological polar surface area (TPSA) is 81.8 Å². The third-order valence-electron chi connectivity index (χ3n) is 5.89. The van der Waals surface area contributed by atoms with Crippen molar-refractivity contribution in [3.05, 3.63) is 71.6 Å². The Kier molecular flexibility index (Phi) is 6.37. The standard InChI is InChI=1S/C25H27NO5/c1-18-22(26-23(31-18)20-5-3-2-4-6-20)11-14-30-21-9-7-19(8-10-21)17-25(24(27)28)12-15-29-16-13-25/h2-10H,11-17H2,1H3,(H,27,28). The molecule has 31 heavy (non-hydrogen) atoms. The summed E-state index contributed by atoms with van der Waals surface area (Å²) in [4.78, 5) is 16.5. The maximum Gasteiger partial charge on any atom is 0.310 e. The third-order valence-corrected chi connectivity index (χ3v) is 5.89. The molecule has 0 radical (unpaired) electrons. The smallest absolute Gasteiger partial charge is 0.310 e. The van der Waals surface area contributed by atoms with E-state index in [0.29, 0.717) is 51.4 Å². The maximum atomic E-state index is 11.8. The molecule has 6 heteroatoms. The van der Waals surface area contributed by atoms with Crippen LogP contribution in [0.15, 0.2) is 59.0 Å². The molecule has 162 valence electrons. The molecule has 1 fully saturated rings. The van der Waals surface area contributed by atoms with Crippen LogP contribution in [0.4, 0.5) is 0 Å². The van der Waals surface area contributed by atoms with Crippen LogP contribution in [0, 0.1) is 12.3 Å². The van der Waals surface area contributed by atoms with Crippen molar-refractivity contribution in [1.82, 2.24) is 4.98 Å². The zero-order chi connectivity index (χ0) is 21.7. The fourth-order valence-electron chi connectivity index (χ4n) is 3.95. The second-order valence-corrected chi connectivity index (χ2v) is 8.00. The molecule has 0 unspecified atom stereocenters. The normalized spacial score (nSPS) is 15.5. The van der Waals surface area contributed by atoms with Crippen LogP contribution < -0.4 is 4.74 Å². The summed E-state index contributed by atoms with van der Waals surface area (Å²) in [6, 6.07) is 17.5. The quantitative estimate of drug-likeness (QED) is 0.568. The highest BCUT2D eigenvalue weighted by molar-refractivity contribution is 5.75. The fourth-order valence-corrected chi connectivity index (χ4v) is 3.95. The van der Waals surface area contributed by atoms with E-state index in [1.165, 1.54) is 0 Å². The summed E-state index contributed by atoms with van der Waals surface area (Å²) in [5, 5.41) is 9.73. The largest absolute Gasteiger partial charge is 0.493 e. The molecule has 1 saturated heterocycles. The van der Waals surface area contributed by atoms with Crippen LogP contribution in [0.3, 0.4) is 0 Å². The number of hydrogen-bond donors (Lipinski definition) is 1. The summed E-state index contributed by atoms with van der Waals surface area (Å²) < 4.78 is 17.0. The van der Waals surface area contributed by atoms with E-state index in [0.717, 1.165) is 28.3 Å². The van der Waals surface area contributed by atoms with Crippen LogP contribution in [-0.4, -0.2) is 35.9 Å². The van der Waals surface area contributed by atoms with Gasteiger partial charge in [0.05, 0.1) is 17.7 Å². The Morgan fingerprint density at radius 1 is 1.10 bits per heavy atom. The summed E-state index contributed by atoms with van der Waals surface area (Å²) in [6.07, 6.45) is 2.24. The Bertz CT molecular complexity index is 1000. The van der Waals surface area contributed by atoms with Gasteiger partial charge in [-0.2, -0.15) is 0 Å². The number of carboxylic acid groups (broad SMARTS) is 1. The Morgan fingerprint density at radius 3 is 2.48 bits per heavy atom. The highest BCUT2D eigenvalue weighted by atomic mass is 16.5. The fraction of sp³-hybridized carbons (Fsp3) is 0.360. The van der Waals surface area contributed by atoms with Crippen LogP contribution in [-0.2, 0) is 22.4 Å². The molecular weight excluding hydrogens is 394 g/mol.